The molecule has 1 N–H and O–H groups in total. The number of phenolic OH excluding ortho intramolecular Hbond substituents is 1. The number of phenols is 1. The van der Waals surface area contributed by atoms with E-state index in [1.54, 1.807) is 17.8 Å². The summed E-state index contributed by atoms with van der Waals surface area (Å²) in [7, 11) is 0. The van der Waals surface area contributed by atoms with Crippen LogP contribution in [0, 0.1) is 0 Å². The van der Waals surface area contributed by atoms with Gasteiger partial charge in [0.25, 0.3) is 0 Å². The molecule has 2 rings (SSSR count). The lowest BCUT2D eigenvalue weighted by atomic mass is 10.3. The van der Waals surface area contributed by atoms with Crippen LogP contribution in [0.3, 0.4) is 0 Å². The standard InChI is InChI=1S/C11H14O3S/c12-9-3-1-2-4-10(9)15-8-5-11-13-6-7-14-11/h1-4,11-12H,5-8H2. The largest absolute Gasteiger partial charge is 0.507 e. The van der Waals surface area contributed by atoms with Crippen molar-refractivity contribution in [2.75, 3.05) is 19.0 Å². The van der Waals surface area contributed by atoms with Crippen LogP contribution in [0.4, 0.5) is 0 Å². The molecule has 15 heavy (non-hydrogen) atoms. The Labute approximate surface area is 93.4 Å². The minimum absolute atomic E-state index is 0.0524. The van der Waals surface area contributed by atoms with Crippen LogP contribution in [0.15, 0.2) is 29.2 Å². The average Bonchev–Trinajstić information content (AvgIpc) is 2.74. The van der Waals surface area contributed by atoms with Crippen LogP contribution < -0.4 is 0 Å². The Morgan fingerprint density at radius 1 is 1.27 bits per heavy atom. The molecule has 0 atom stereocenters. The normalized spacial score (nSPS) is 17.1. The number of aromatic hydroxyl groups is 1. The van der Waals surface area contributed by atoms with Gasteiger partial charge < -0.3 is 14.6 Å². The highest BCUT2D eigenvalue weighted by Crippen LogP contribution is 2.28. The molecule has 82 valence electrons. The number of thioether (sulfide) groups is 1. The van der Waals surface area contributed by atoms with Gasteiger partial charge in [0, 0.05) is 17.1 Å². The van der Waals surface area contributed by atoms with E-state index < -0.39 is 0 Å². The fourth-order valence-corrected chi connectivity index (χ4v) is 2.34. The second-order valence-electron chi connectivity index (χ2n) is 3.28. The number of para-hydroxylation sites is 1. The molecule has 0 amide bonds. The van der Waals surface area contributed by atoms with Crippen molar-refractivity contribution in [3.05, 3.63) is 24.3 Å². The SMILES string of the molecule is Oc1ccccc1SCCC1OCCO1. The lowest BCUT2D eigenvalue weighted by Crippen LogP contribution is -2.08. The van der Waals surface area contributed by atoms with Gasteiger partial charge in [0.2, 0.25) is 0 Å². The van der Waals surface area contributed by atoms with Crippen LogP contribution in [0.5, 0.6) is 5.75 Å². The van der Waals surface area contributed by atoms with E-state index in [1.807, 2.05) is 18.2 Å². The zero-order valence-electron chi connectivity index (χ0n) is 8.39. The highest BCUT2D eigenvalue weighted by Gasteiger charge is 2.15. The van der Waals surface area contributed by atoms with Gasteiger partial charge in [-0.15, -0.1) is 11.8 Å². The van der Waals surface area contributed by atoms with Crippen molar-refractivity contribution >= 4 is 11.8 Å². The fourth-order valence-electron chi connectivity index (χ4n) is 1.42. The summed E-state index contributed by atoms with van der Waals surface area (Å²) in [5, 5.41) is 9.52. The molecular formula is C11H14O3S. The first-order chi connectivity index (χ1) is 7.36. The third-order valence-corrected chi connectivity index (χ3v) is 3.26. The number of hydrogen-bond donors (Lipinski definition) is 1. The Morgan fingerprint density at radius 3 is 2.73 bits per heavy atom. The van der Waals surface area contributed by atoms with E-state index in [9.17, 15) is 5.11 Å². The van der Waals surface area contributed by atoms with E-state index in [0.717, 1.165) is 17.1 Å². The molecule has 0 radical (unpaired) electrons. The molecule has 1 aliphatic rings. The Morgan fingerprint density at radius 2 is 2.00 bits per heavy atom. The molecule has 0 bridgehead atoms. The molecule has 1 saturated heterocycles. The summed E-state index contributed by atoms with van der Waals surface area (Å²) in [6.45, 7) is 1.40. The third-order valence-electron chi connectivity index (χ3n) is 2.17. The van der Waals surface area contributed by atoms with Crippen LogP contribution in [-0.2, 0) is 9.47 Å². The molecule has 3 nitrogen and oxygen atoms in total. The van der Waals surface area contributed by atoms with Crippen molar-refractivity contribution < 1.29 is 14.6 Å². The first-order valence-corrected chi connectivity index (χ1v) is 5.99. The maximum atomic E-state index is 9.52. The summed E-state index contributed by atoms with van der Waals surface area (Å²) >= 11 is 1.62. The van der Waals surface area contributed by atoms with Crippen molar-refractivity contribution in [1.29, 1.82) is 0 Å². The van der Waals surface area contributed by atoms with Gasteiger partial charge in [0.05, 0.1) is 13.2 Å². The topological polar surface area (TPSA) is 38.7 Å². The molecule has 0 aliphatic carbocycles. The van der Waals surface area contributed by atoms with Crippen molar-refractivity contribution in [1.82, 2.24) is 0 Å². The Kier molecular flexibility index (Phi) is 3.88. The molecule has 1 heterocycles. The van der Waals surface area contributed by atoms with Gasteiger partial charge >= 0.3 is 0 Å². The lowest BCUT2D eigenvalue weighted by Gasteiger charge is -2.08. The summed E-state index contributed by atoms with van der Waals surface area (Å²) in [4.78, 5) is 0.912. The maximum Gasteiger partial charge on any atom is 0.158 e. The number of ether oxygens (including phenoxy) is 2. The molecule has 1 aliphatic heterocycles. The number of hydrogen-bond acceptors (Lipinski definition) is 4. The molecule has 0 spiro atoms. The van der Waals surface area contributed by atoms with Crippen LogP contribution in [0.2, 0.25) is 0 Å². The fraction of sp³-hybridized carbons (Fsp3) is 0.455. The van der Waals surface area contributed by atoms with Crippen LogP contribution >= 0.6 is 11.8 Å². The lowest BCUT2D eigenvalue weighted by molar-refractivity contribution is -0.0421. The van der Waals surface area contributed by atoms with E-state index in [-0.39, 0.29) is 6.29 Å². The monoisotopic (exact) mass is 226 g/mol. The highest BCUT2D eigenvalue weighted by atomic mass is 32.2. The summed E-state index contributed by atoms with van der Waals surface area (Å²) in [5.41, 5.74) is 0. The minimum atomic E-state index is -0.0524. The van der Waals surface area contributed by atoms with E-state index in [0.29, 0.717) is 19.0 Å². The summed E-state index contributed by atoms with van der Waals surface area (Å²) < 4.78 is 10.6. The minimum Gasteiger partial charge on any atom is -0.507 e. The van der Waals surface area contributed by atoms with E-state index >= 15 is 0 Å². The number of rotatable bonds is 4. The van der Waals surface area contributed by atoms with Crippen molar-refractivity contribution in [2.24, 2.45) is 0 Å². The van der Waals surface area contributed by atoms with E-state index in [4.69, 9.17) is 9.47 Å². The van der Waals surface area contributed by atoms with Gasteiger partial charge in [-0.05, 0) is 12.1 Å². The highest BCUT2D eigenvalue weighted by molar-refractivity contribution is 7.99. The zero-order chi connectivity index (χ0) is 10.5. The Bertz CT molecular complexity index is 310. The Hall–Kier alpha value is -0.710. The Balaban J connectivity index is 1.75. The number of benzene rings is 1. The van der Waals surface area contributed by atoms with Gasteiger partial charge in [-0.25, -0.2) is 0 Å². The quantitative estimate of drug-likeness (QED) is 0.799. The van der Waals surface area contributed by atoms with Gasteiger partial charge in [-0.3, -0.25) is 0 Å². The van der Waals surface area contributed by atoms with Crippen LogP contribution in [0.1, 0.15) is 6.42 Å². The molecule has 1 aromatic rings. The second-order valence-corrected chi connectivity index (χ2v) is 4.41. The van der Waals surface area contributed by atoms with Gasteiger partial charge in [0.15, 0.2) is 6.29 Å². The second kappa shape index (κ2) is 5.39. The molecule has 0 aromatic heterocycles. The molecule has 0 saturated carbocycles. The first kappa shape index (κ1) is 10.8. The van der Waals surface area contributed by atoms with Gasteiger partial charge in [-0.2, -0.15) is 0 Å². The average molecular weight is 226 g/mol. The smallest absolute Gasteiger partial charge is 0.158 e. The molecule has 1 aromatic carbocycles. The van der Waals surface area contributed by atoms with Crippen molar-refractivity contribution in [2.45, 2.75) is 17.6 Å². The van der Waals surface area contributed by atoms with Crippen molar-refractivity contribution in [3.63, 3.8) is 0 Å². The predicted octanol–water partition coefficient (Wildman–Crippen LogP) is 2.25. The van der Waals surface area contributed by atoms with Gasteiger partial charge in [-0.1, -0.05) is 12.1 Å². The predicted molar refractivity (Wildman–Crippen MR) is 59.1 cm³/mol. The third kappa shape index (κ3) is 3.12. The molecule has 0 unspecified atom stereocenters. The van der Waals surface area contributed by atoms with Crippen LogP contribution in [0.25, 0.3) is 0 Å². The summed E-state index contributed by atoms with van der Waals surface area (Å²) in [5.74, 6) is 1.23. The summed E-state index contributed by atoms with van der Waals surface area (Å²) in [6, 6.07) is 7.36. The maximum absolute atomic E-state index is 9.52. The van der Waals surface area contributed by atoms with Crippen LogP contribution in [-0.4, -0.2) is 30.4 Å². The van der Waals surface area contributed by atoms with E-state index in [1.165, 1.54) is 0 Å². The first-order valence-electron chi connectivity index (χ1n) is 5.00. The molecule has 4 heteroatoms. The van der Waals surface area contributed by atoms with Gasteiger partial charge in [0.1, 0.15) is 5.75 Å². The van der Waals surface area contributed by atoms with E-state index in [2.05, 4.69) is 0 Å². The summed E-state index contributed by atoms with van der Waals surface area (Å²) in [6.07, 6.45) is 0.808. The molecule has 1 fully saturated rings. The van der Waals surface area contributed by atoms with Crippen molar-refractivity contribution in [3.8, 4) is 5.75 Å². The zero-order valence-corrected chi connectivity index (χ0v) is 9.20. The molecular weight excluding hydrogens is 212 g/mol.